The highest BCUT2D eigenvalue weighted by atomic mass is 15.1. The van der Waals surface area contributed by atoms with Crippen LogP contribution in [0.2, 0.25) is 0 Å². The fourth-order valence-corrected chi connectivity index (χ4v) is 2.53. The zero-order valence-corrected chi connectivity index (χ0v) is 12.4. The molecule has 4 rings (SSSR count). The van der Waals surface area contributed by atoms with E-state index in [1.54, 1.807) is 12.4 Å². The SMILES string of the molecule is C(=Cc1nc2ccccc2n1-c1ccccn1)c1cccnc1. The average molecular weight is 298 g/mol. The molecule has 0 radical (unpaired) electrons. The van der Waals surface area contributed by atoms with Gasteiger partial charge in [-0.15, -0.1) is 0 Å². The molecule has 4 aromatic rings. The van der Waals surface area contributed by atoms with Crippen molar-refractivity contribution in [2.45, 2.75) is 0 Å². The van der Waals surface area contributed by atoms with Crippen LogP contribution in [-0.4, -0.2) is 19.5 Å². The van der Waals surface area contributed by atoms with Crippen molar-refractivity contribution in [2.75, 3.05) is 0 Å². The molecule has 0 unspecified atom stereocenters. The molecule has 0 aliphatic heterocycles. The Labute approximate surface area is 133 Å². The van der Waals surface area contributed by atoms with Gasteiger partial charge < -0.3 is 0 Å². The largest absolute Gasteiger partial charge is 0.277 e. The Morgan fingerprint density at radius 2 is 1.74 bits per heavy atom. The van der Waals surface area contributed by atoms with Gasteiger partial charge in [0.2, 0.25) is 0 Å². The highest BCUT2D eigenvalue weighted by Crippen LogP contribution is 2.21. The smallest absolute Gasteiger partial charge is 0.139 e. The molecule has 0 spiro atoms. The van der Waals surface area contributed by atoms with Gasteiger partial charge in [-0.3, -0.25) is 9.55 Å². The molecule has 110 valence electrons. The summed E-state index contributed by atoms with van der Waals surface area (Å²) in [5.41, 5.74) is 3.02. The van der Waals surface area contributed by atoms with Gasteiger partial charge in [-0.05, 0) is 48.0 Å². The van der Waals surface area contributed by atoms with Crippen molar-refractivity contribution >= 4 is 23.2 Å². The first-order valence-electron chi connectivity index (χ1n) is 7.39. The average Bonchev–Trinajstić information content (AvgIpc) is 3.00. The molecular formula is C19H14N4. The standard InChI is InChI=1S/C19H14N4/c1-2-8-17-16(7-1)22-19(11-10-15-6-5-12-20-14-15)23(17)18-9-3-4-13-21-18/h1-14H. The lowest BCUT2D eigenvalue weighted by molar-refractivity contribution is 1.00. The summed E-state index contributed by atoms with van der Waals surface area (Å²) >= 11 is 0. The first-order valence-corrected chi connectivity index (χ1v) is 7.39. The molecule has 0 fully saturated rings. The maximum atomic E-state index is 4.72. The summed E-state index contributed by atoms with van der Waals surface area (Å²) < 4.78 is 2.06. The minimum absolute atomic E-state index is 0.841. The Kier molecular flexibility index (Phi) is 3.41. The summed E-state index contributed by atoms with van der Waals surface area (Å²) in [5.74, 6) is 1.70. The predicted octanol–water partition coefficient (Wildman–Crippen LogP) is 3.99. The summed E-state index contributed by atoms with van der Waals surface area (Å²) in [7, 11) is 0. The van der Waals surface area contributed by atoms with Gasteiger partial charge in [0, 0.05) is 18.6 Å². The van der Waals surface area contributed by atoms with Crippen LogP contribution < -0.4 is 0 Å². The van der Waals surface area contributed by atoms with Gasteiger partial charge in [-0.1, -0.05) is 24.3 Å². The van der Waals surface area contributed by atoms with E-state index < -0.39 is 0 Å². The van der Waals surface area contributed by atoms with Crippen LogP contribution in [0.25, 0.3) is 29.0 Å². The summed E-state index contributed by atoms with van der Waals surface area (Å²) in [6, 6.07) is 17.9. The number of fused-ring (bicyclic) bond motifs is 1. The molecule has 23 heavy (non-hydrogen) atoms. The van der Waals surface area contributed by atoms with E-state index in [0.717, 1.165) is 28.2 Å². The second-order valence-corrected chi connectivity index (χ2v) is 5.10. The number of benzene rings is 1. The summed E-state index contributed by atoms with van der Waals surface area (Å²) in [4.78, 5) is 13.3. The lowest BCUT2D eigenvalue weighted by Gasteiger charge is -2.05. The number of nitrogens with zero attached hydrogens (tertiary/aromatic N) is 4. The molecule has 0 saturated heterocycles. The van der Waals surface area contributed by atoms with Crippen LogP contribution in [0.1, 0.15) is 11.4 Å². The fourth-order valence-electron chi connectivity index (χ4n) is 2.53. The predicted molar refractivity (Wildman–Crippen MR) is 92.0 cm³/mol. The molecule has 0 saturated carbocycles. The molecule has 4 nitrogen and oxygen atoms in total. The van der Waals surface area contributed by atoms with Crippen LogP contribution >= 0.6 is 0 Å². The van der Waals surface area contributed by atoms with Gasteiger partial charge in [0.25, 0.3) is 0 Å². The molecule has 0 N–H and O–H groups in total. The monoisotopic (exact) mass is 298 g/mol. The van der Waals surface area contributed by atoms with E-state index in [4.69, 9.17) is 4.98 Å². The van der Waals surface area contributed by atoms with Gasteiger partial charge in [-0.2, -0.15) is 0 Å². The molecular weight excluding hydrogens is 284 g/mol. The molecule has 0 amide bonds. The first kappa shape index (κ1) is 13.4. The third kappa shape index (κ3) is 2.62. The fraction of sp³-hybridized carbons (Fsp3) is 0. The van der Waals surface area contributed by atoms with E-state index in [1.807, 2.05) is 66.9 Å². The van der Waals surface area contributed by atoms with Crippen molar-refractivity contribution in [3.8, 4) is 5.82 Å². The van der Waals surface area contributed by atoms with E-state index in [-0.39, 0.29) is 0 Å². The van der Waals surface area contributed by atoms with Gasteiger partial charge >= 0.3 is 0 Å². The normalized spacial score (nSPS) is 11.3. The second kappa shape index (κ2) is 5.85. The number of imidazole rings is 1. The van der Waals surface area contributed by atoms with Crippen LogP contribution in [0.5, 0.6) is 0 Å². The summed E-state index contributed by atoms with van der Waals surface area (Å²) in [6.45, 7) is 0. The van der Waals surface area contributed by atoms with Crippen molar-refractivity contribution in [1.29, 1.82) is 0 Å². The van der Waals surface area contributed by atoms with Gasteiger partial charge in [-0.25, -0.2) is 9.97 Å². The molecule has 0 bridgehead atoms. The van der Waals surface area contributed by atoms with Crippen molar-refractivity contribution in [1.82, 2.24) is 19.5 Å². The highest BCUT2D eigenvalue weighted by molar-refractivity contribution is 5.81. The molecule has 0 atom stereocenters. The van der Waals surface area contributed by atoms with Crippen LogP contribution in [0.4, 0.5) is 0 Å². The van der Waals surface area contributed by atoms with E-state index in [9.17, 15) is 0 Å². The third-order valence-corrected chi connectivity index (χ3v) is 3.57. The summed E-state index contributed by atoms with van der Waals surface area (Å²) in [5, 5.41) is 0. The molecule has 0 aliphatic carbocycles. The quantitative estimate of drug-likeness (QED) is 0.574. The van der Waals surface area contributed by atoms with Crippen molar-refractivity contribution < 1.29 is 0 Å². The molecule has 3 aromatic heterocycles. The minimum Gasteiger partial charge on any atom is -0.277 e. The van der Waals surface area contributed by atoms with Gasteiger partial charge in [0.15, 0.2) is 0 Å². The van der Waals surface area contributed by atoms with Gasteiger partial charge in [0.1, 0.15) is 11.6 Å². The van der Waals surface area contributed by atoms with E-state index in [0.29, 0.717) is 0 Å². The Balaban J connectivity index is 1.88. The molecule has 3 heterocycles. The zero-order chi connectivity index (χ0) is 15.5. The number of aromatic nitrogens is 4. The number of para-hydroxylation sites is 2. The van der Waals surface area contributed by atoms with Gasteiger partial charge in [0.05, 0.1) is 11.0 Å². The number of pyridine rings is 2. The highest BCUT2D eigenvalue weighted by Gasteiger charge is 2.10. The second-order valence-electron chi connectivity index (χ2n) is 5.10. The lowest BCUT2D eigenvalue weighted by Crippen LogP contribution is -1.99. The number of rotatable bonds is 3. The zero-order valence-electron chi connectivity index (χ0n) is 12.4. The lowest BCUT2D eigenvalue weighted by atomic mass is 10.2. The maximum Gasteiger partial charge on any atom is 0.139 e. The van der Waals surface area contributed by atoms with Crippen LogP contribution in [-0.2, 0) is 0 Å². The van der Waals surface area contributed by atoms with Crippen LogP contribution in [0.15, 0.2) is 73.2 Å². The third-order valence-electron chi connectivity index (χ3n) is 3.57. The minimum atomic E-state index is 0.841. The van der Waals surface area contributed by atoms with Crippen molar-refractivity contribution in [3.05, 3.63) is 84.6 Å². The molecule has 0 aliphatic rings. The van der Waals surface area contributed by atoms with Crippen molar-refractivity contribution in [3.63, 3.8) is 0 Å². The molecule has 1 aromatic carbocycles. The topological polar surface area (TPSA) is 43.6 Å². The van der Waals surface area contributed by atoms with Crippen LogP contribution in [0.3, 0.4) is 0 Å². The number of hydrogen-bond acceptors (Lipinski definition) is 3. The Bertz CT molecular complexity index is 957. The molecule has 4 heteroatoms. The van der Waals surface area contributed by atoms with E-state index in [2.05, 4.69) is 20.6 Å². The van der Waals surface area contributed by atoms with E-state index >= 15 is 0 Å². The van der Waals surface area contributed by atoms with E-state index in [1.165, 1.54) is 0 Å². The van der Waals surface area contributed by atoms with Crippen LogP contribution in [0, 0.1) is 0 Å². The summed E-state index contributed by atoms with van der Waals surface area (Å²) in [6.07, 6.45) is 9.38. The number of hydrogen-bond donors (Lipinski definition) is 0. The maximum absolute atomic E-state index is 4.72. The Morgan fingerprint density at radius 1 is 0.826 bits per heavy atom. The Morgan fingerprint density at radius 3 is 2.57 bits per heavy atom. The first-order chi connectivity index (χ1) is 11.4. The Hall–Kier alpha value is -3.27. The van der Waals surface area contributed by atoms with Crippen molar-refractivity contribution in [2.24, 2.45) is 0 Å².